The quantitative estimate of drug-likeness (QED) is 0.678. The summed E-state index contributed by atoms with van der Waals surface area (Å²) in [4.78, 5) is 8.15. The van der Waals surface area contributed by atoms with Crippen molar-refractivity contribution in [3.05, 3.63) is 35.6 Å². The Labute approximate surface area is 92.5 Å². The molecule has 1 rings (SSSR count). The van der Waals surface area contributed by atoms with Crippen molar-refractivity contribution in [3.63, 3.8) is 0 Å². The number of benzene rings is 1. The van der Waals surface area contributed by atoms with Gasteiger partial charge in [-0.1, -0.05) is 18.2 Å². The molecule has 1 aromatic carbocycles. The van der Waals surface area contributed by atoms with Crippen LogP contribution in [0.3, 0.4) is 0 Å². The molecule has 0 heterocycles. The fourth-order valence-corrected chi connectivity index (χ4v) is 1.60. The van der Waals surface area contributed by atoms with E-state index in [9.17, 15) is 26.3 Å². The Hall–Kier alpha value is -0.980. The lowest BCUT2D eigenvalue weighted by Gasteiger charge is -2.20. The summed E-state index contributed by atoms with van der Waals surface area (Å²) in [5.41, 5.74) is -1.06. The van der Waals surface area contributed by atoms with E-state index >= 15 is 0 Å². The second-order valence-corrected chi connectivity index (χ2v) is 4.11. The molecule has 0 aromatic heterocycles. The molecule has 17 heavy (non-hydrogen) atoms. The first-order valence-electron chi connectivity index (χ1n) is 4.13. The average molecular weight is 276 g/mol. The van der Waals surface area contributed by atoms with Crippen LogP contribution in [0.4, 0.5) is 21.8 Å². The van der Waals surface area contributed by atoms with E-state index in [1.807, 2.05) is 0 Å². The second kappa shape index (κ2) is 4.72. The van der Waals surface area contributed by atoms with Gasteiger partial charge in [-0.05, 0) is 6.07 Å². The van der Waals surface area contributed by atoms with Crippen LogP contribution < -0.4 is 0 Å². The fraction of sp³-hybridized carbons (Fsp3) is 0.250. The van der Waals surface area contributed by atoms with Gasteiger partial charge in [0.15, 0.2) is 6.10 Å². The van der Waals surface area contributed by atoms with Crippen LogP contribution in [0.1, 0.15) is 11.7 Å². The lowest BCUT2D eigenvalue weighted by atomic mass is 10.1. The van der Waals surface area contributed by atoms with Crippen LogP contribution in [0, 0.1) is 5.82 Å². The third kappa shape index (κ3) is 4.07. The van der Waals surface area contributed by atoms with Gasteiger partial charge < -0.3 is 0 Å². The highest BCUT2D eigenvalue weighted by atomic mass is 31.2. The SMILES string of the molecule is O=P(O)(F)OC(c1ccccc1F)C(F)(F)F. The molecule has 1 N–H and O–H groups in total. The molecule has 0 amide bonds. The van der Waals surface area contributed by atoms with Crippen molar-refractivity contribution in [2.45, 2.75) is 12.3 Å². The average Bonchev–Trinajstić information content (AvgIpc) is 2.12. The highest BCUT2D eigenvalue weighted by Gasteiger charge is 2.47. The largest absolute Gasteiger partial charge is 0.511 e. The van der Waals surface area contributed by atoms with Crippen LogP contribution >= 0.6 is 7.91 Å². The summed E-state index contributed by atoms with van der Waals surface area (Å²) in [5.74, 6) is -1.32. The molecule has 9 heteroatoms. The molecule has 2 unspecified atom stereocenters. The van der Waals surface area contributed by atoms with Crippen LogP contribution in [0.25, 0.3) is 0 Å². The number of alkyl halides is 3. The first kappa shape index (κ1) is 14.1. The summed E-state index contributed by atoms with van der Waals surface area (Å²) >= 11 is 0. The van der Waals surface area contributed by atoms with Crippen LogP contribution in [0.5, 0.6) is 0 Å². The Kier molecular flexibility index (Phi) is 3.91. The smallest absolute Gasteiger partial charge is 0.299 e. The minimum Gasteiger partial charge on any atom is -0.299 e. The van der Waals surface area contributed by atoms with Crippen molar-refractivity contribution in [3.8, 4) is 0 Å². The van der Waals surface area contributed by atoms with E-state index in [2.05, 4.69) is 4.52 Å². The molecule has 0 fully saturated rings. The Morgan fingerprint density at radius 1 is 1.29 bits per heavy atom. The summed E-state index contributed by atoms with van der Waals surface area (Å²) in [6, 6.07) is 3.54. The second-order valence-electron chi connectivity index (χ2n) is 3.00. The number of hydrogen-bond acceptors (Lipinski definition) is 2. The van der Waals surface area contributed by atoms with Gasteiger partial charge in [0.1, 0.15) is 5.82 Å². The molecule has 0 spiro atoms. The zero-order chi connectivity index (χ0) is 13.3. The zero-order valence-electron chi connectivity index (χ0n) is 7.99. The van der Waals surface area contributed by atoms with E-state index in [4.69, 9.17) is 4.89 Å². The maximum atomic E-state index is 13.1. The Balaban J connectivity index is 3.17. The molecule has 0 aliphatic rings. The summed E-state index contributed by atoms with van der Waals surface area (Å²) < 4.78 is 76.2. The summed E-state index contributed by atoms with van der Waals surface area (Å²) in [5, 5.41) is 0. The van der Waals surface area contributed by atoms with E-state index in [1.165, 1.54) is 0 Å². The monoisotopic (exact) mass is 276 g/mol. The molecule has 0 bridgehead atoms. The molecule has 0 saturated carbocycles. The van der Waals surface area contributed by atoms with Gasteiger partial charge in [-0.25, -0.2) is 8.96 Å². The molecule has 0 saturated heterocycles. The normalized spacial score (nSPS) is 17.5. The maximum absolute atomic E-state index is 13.1. The highest BCUT2D eigenvalue weighted by molar-refractivity contribution is 7.46. The van der Waals surface area contributed by atoms with Crippen molar-refractivity contribution >= 4 is 7.91 Å². The standard InChI is InChI=1S/C8H6F5O3P/c9-6-4-2-1-3-5(6)7(8(10,11)12)16-17(13,14)15/h1-4,7H,(H,14,15). The predicted octanol–water partition coefficient (Wildman–Crippen LogP) is 3.52. The molecule has 0 aliphatic carbocycles. The highest BCUT2D eigenvalue weighted by Crippen LogP contribution is 2.52. The Bertz CT molecular complexity index is 441. The summed E-state index contributed by atoms with van der Waals surface area (Å²) in [6.07, 6.45) is -8.35. The first-order valence-corrected chi connectivity index (χ1v) is 5.60. The molecular weight excluding hydrogens is 270 g/mol. The molecule has 2 atom stereocenters. The lowest BCUT2D eigenvalue weighted by Crippen LogP contribution is -2.23. The van der Waals surface area contributed by atoms with Gasteiger partial charge in [-0.15, -0.1) is 4.20 Å². The number of hydrogen-bond donors (Lipinski definition) is 1. The Morgan fingerprint density at radius 2 is 1.82 bits per heavy atom. The molecular formula is C8H6F5O3P. The van der Waals surface area contributed by atoms with Gasteiger partial charge in [0.05, 0.1) is 0 Å². The fourth-order valence-electron chi connectivity index (χ4n) is 1.11. The first-order chi connectivity index (χ1) is 7.61. The van der Waals surface area contributed by atoms with Gasteiger partial charge in [-0.3, -0.25) is 9.42 Å². The third-order valence-corrected chi connectivity index (χ3v) is 2.19. The topological polar surface area (TPSA) is 46.5 Å². The summed E-state index contributed by atoms with van der Waals surface area (Å²) in [6.45, 7) is 0. The van der Waals surface area contributed by atoms with Crippen molar-refractivity contribution in [2.24, 2.45) is 0 Å². The van der Waals surface area contributed by atoms with Gasteiger partial charge in [0.25, 0.3) is 0 Å². The van der Waals surface area contributed by atoms with E-state index in [0.717, 1.165) is 12.1 Å². The van der Waals surface area contributed by atoms with E-state index in [-0.39, 0.29) is 0 Å². The van der Waals surface area contributed by atoms with Crippen molar-refractivity contribution < 1.29 is 35.7 Å². The van der Waals surface area contributed by atoms with Gasteiger partial charge in [-0.2, -0.15) is 13.2 Å². The predicted molar refractivity (Wildman–Crippen MR) is 47.2 cm³/mol. The van der Waals surface area contributed by atoms with Crippen molar-refractivity contribution in [2.75, 3.05) is 0 Å². The minimum atomic E-state index is -5.89. The number of rotatable bonds is 3. The van der Waals surface area contributed by atoms with Crippen LogP contribution in [-0.4, -0.2) is 11.1 Å². The van der Waals surface area contributed by atoms with Crippen molar-refractivity contribution in [1.29, 1.82) is 0 Å². The maximum Gasteiger partial charge on any atom is 0.511 e. The molecule has 0 radical (unpaired) electrons. The molecule has 3 nitrogen and oxygen atoms in total. The van der Waals surface area contributed by atoms with Crippen LogP contribution in [0.15, 0.2) is 24.3 Å². The lowest BCUT2D eigenvalue weighted by molar-refractivity contribution is -0.201. The zero-order valence-corrected chi connectivity index (χ0v) is 8.88. The van der Waals surface area contributed by atoms with Crippen molar-refractivity contribution in [1.82, 2.24) is 0 Å². The molecule has 96 valence electrons. The summed E-state index contributed by atoms with van der Waals surface area (Å²) in [7, 11) is -5.89. The third-order valence-electron chi connectivity index (χ3n) is 1.72. The van der Waals surface area contributed by atoms with E-state index < -0.39 is 31.6 Å². The van der Waals surface area contributed by atoms with Gasteiger partial charge in [0, 0.05) is 5.56 Å². The molecule has 0 aliphatic heterocycles. The molecule has 1 aromatic rings. The van der Waals surface area contributed by atoms with Gasteiger partial charge in [0.2, 0.25) is 0 Å². The number of halogens is 5. The van der Waals surface area contributed by atoms with Crippen LogP contribution in [0.2, 0.25) is 0 Å². The minimum absolute atomic E-state index is 0.684. The van der Waals surface area contributed by atoms with Crippen LogP contribution in [-0.2, 0) is 9.09 Å². The van der Waals surface area contributed by atoms with E-state index in [1.54, 1.807) is 0 Å². The van der Waals surface area contributed by atoms with Gasteiger partial charge >= 0.3 is 14.1 Å². The van der Waals surface area contributed by atoms with E-state index in [0.29, 0.717) is 12.1 Å². The Morgan fingerprint density at radius 3 is 2.24 bits per heavy atom.